The van der Waals surface area contributed by atoms with Gasteiger partial charge < -0.3 is 9.64 Å². The second-order valence-corrected chi connectivity index (χ2v) is 7.90. The summed E-state index contributed by atoms with van der Waals surface area (Å²) >= 11 is 5.90. The van der Waals surface area contributed by atoms with Crippen LogP contribution in [0.5, 0.6) is 5.75 Å². The van der Waals surface area contributed by atoms with Crippen LogP contribution >= 0.6 is 11.6 Å². The lowest BCUT2D eigenvalue weighted by molar-refractivity contribution is -0.126. The molecule has 3 aromatic rings. The van der Waals surface area contributed by atoms with Crippen LogP contribution in [0.1, 0.15) is 17.5 Å². The van der Waals surface area contributed by atoms with Crippen molar-refractivity contribution in [2.24, 2.45) is 11.0 Å². The summed E-state index contributed by atoms with van der Waals surface area (Å²) in [6.45, 7) is 0.764. The molecule has 1 atom stereocenters. The number of nitrogens with zero attached hydrogens (tertiary/aromatic N) is 2. The molecule has 0 bridgehead atoms. The summed E-state index contributed by atoms with van der Waals surface area (Å²) in [5.74, 6) is -0.0851. The number of ether oxygens (including phenoxy) is 1. The smallest absolute Gasteiger partial charge is 0.245 e. The maximum absolute atomic E-state index is 12.5. The molecule has 1 fully saturated rings. The van der Waals surface area contributed by atoms with Gasteiger partial charge in [0.25, 0.3) is 0 Å². The van der Waals surface area contributed by atoms with E-state index in [2.05, 4.69) is 10.5 Å². The molecule has 6 nitrogen and oxygen atoms in total. The van der Waals surface area contributed by atoms with Crippen molar-refractivity contribution < 1.29 is 14.3 Å². The molecule has 1 saturated heterocycles. The molecule has 1 aliphatic rings. The summed E-state index contributed by atoms with van der Waals surface area (Å²) in [5.41, 5.74) is 5.14. The fourth-order valence-electron chi connectivity index (χ4n) is 3.43. The van der Waals surface area contributed by atoms with Gasteiger partial charge in [0.2, 0.25) is 11.8 Å². The normalized spacial score (nSPS) is 15.8. The van der Waals surface area contributed by atoms with E-state index in [4.69, 9.17) is 16.3 Å². The number of anilines is 1. The van der Waals surface area contributed by atoms with Gasteiger partial charge in [-0.25, -0.2) is 5.43 Å². The standard InChI is InChI=1S/C25H22ClN3O3/c26-21-11-9-18(10-12-21)17-32-23-8-4-5-19(13-23)15-27-28-25(31)20-14-24(30)29(16-20)22-6-2-1-3-7-22/h1-13,15,20H,14,16-17H2,(H,28,31)/b27-15-/t20-/m0/s1. The van der Waals surface area contributed by atoms with Gasteiger partial charge in [-0.15, -0.1) is 0 Å². The zero-order valence-corrected chi connectivity index (χ0v) is 18.0. The highest BCUT2D eigenvalue weighted by Crippen LogP contribution is 2.24. The Balaban J connectivity index is 1.30. The maximum Gasteiger partial charge on any atom is 0.245 e. The van der Waals surface area contributed by atoms with Crippen molar-refractivity contribution in [2.45, 2.75) is 13.0 Å². The molecule has 2 amide bonds. The third-order valence-corrected chi connectivity index (χ3v) is 5.38. The maximum atomic E-state index is 12.5. The summed E-state index contributed by atoms with van der Waals surface area (Å²) in [7, 11) is 0. The van der Waals surface area contributed by atoms with Crippen LogP contribution in [0, 0.1) is 5.92 Å². The molecule has 0 spiro atoms. The summed E-state index contributed by atoms with van der Waals surface area (Å²) < 4.78 is 5.81. The average Bonchev–Trinajstić information content (AvgIpc) is 3.21. The van der Waals surface area contributed by atoms with Crippen molar-refractivity contribution in [3.05, 3.63) is 95.0 Å². The monoisotopic (exact) mass is 447 g/mol. The van der Waals surface area contributed by atoms with E-state index in [0.717, 1.165) is 16.8 Å². The van der Waals surface area contributed by atoms with E-state index < -0.39 is 5.92 Å². The quantitative estimate of drug-likeness (QED) is 0.430. The van der Waals surface area contributed by atoms with E-state index >= 15 is 0 Å². The molecule has 162 valence electrons. The zero-order chi connectivity index (χ0) is 22.3. The molecule has 4 rings (SSSR count). The Morgan fingerprint density at radius 3 is 2.66 bits per heavy atom. The van der Waals surface area contributed by atoms with Crippen molar-refractivity contribution in [2.75, 3.05) is 11.4 Å². The number of hydrogen-bond acceptors (Lipinski definition) is 4. The summed E-state index contributed by atoms with van der Waals surface area (Å²) in [5, 5.41) is 4.74. The Morgan fingerprint density at radius 1 is 1.09 bits per heavy atom. The second-order valence-electron chi connectivity index (χ2n) is 7.46. The first-order valence-electron chi connectivity index (χ1n) is 10.2. The van der Waals surface area contributed by atoms with Crippen LogP contribution < -0.4 is 15.1 Å². The summed E-state index contributed by atoms with van der Waals surface area (Å²) in [4.78, 5) is 26.4. The van der Waals surface area contributed by atoms with Crippen LogP contribution in [0.15, 0.2) is 84.0 Å². The first-order valence-corrected chi connectivity index (χ1v) is 10.6. The van der Waals surface area contributed by atoms with Crippen LogP contribution in [0.2, 0.25) is 5.02 Å². The first-order chi connectivity index (χ1) is 15.6. The van der Waals surface area contributed by atoms with Crippen molar-refractivity contribution >= 4 is 35.3 Å². The fraction of sp³-hybridized carbons (Fsp3) is 0.160. The minimum atomic E-state index is -0.436. The van der Waals surface area contributed by atoms with Crippen LogP contribution in [0.4, 0.5) is 5.69 Å². The van der Waals surface area contributed by atoms with E-state index in [1.165, 1.54) is 0 Å². The Morgan fingerprint density at radius 2 is 1.88 bits per heavy atom. The molecule has 3 aromatic carbocycles. The lowest BCUT2D eigenvalue weighted by atomic mass is 10.1. The van der Waals surface area contributed by atoms with Gasteiger partial charge >= 0.3 is 0 Å². The topological polar surface area (TPSA) is 71.0 Å². The number of rotatable bonds is 7. The number of hydrazone groups is 1. The van der Waals surface area contributed by atoms with E-state index in [0.29, 0.717) is 23.9 Å². The second kappa shape index (κ2) is 10.1. The predicted molar refractivity (Wildman–Crippen MR) is 125 cm³/mol. The number of nitrogens with one attached hydrogen (secondary N) is 1. The fourth-order valence-corrected chi connectivity index (χ4v) is 3.56. The zero-order valence-electron chi connectivity index (χ0n) is 17.3. The van der Waals surface area contributed by atoms with Crippen molar-refractivity contribution in [1.29, 1.82) is 0 Å². The van der Waals surface area contributed by atoms with E-state index in [-0.39, 0.29) is 18.2 Å². The van der Waals surface area contributed by atoms with Gasteiger partial charge in [0, 0.05) is 23.7 Å². The van der Waals surface area contributed by atoms with Gasteiger partial charge in [-0.3, -0.25) is 9.59 Å². The largest absolute Gasteiger partial charge is 0.489 e. The number of benzene rings is 3. The molecule has 1 heterocycles. The summed E-state index contributed by atoms with van der Waals surface area (Å²) in [6, 6.07) is 24.2. The highest BCUT2D eigenvalue weighted by atomic mass is 35.5. The van der Waals surface area contributed by atoms with Crippen LogP contribution in [0.25, 0.3) is 0 Å². The minimum Gasteiger partial charge on any atom is -0.489 e. The molecule has 0 aliphatic carbocycles. The number of amides is 2. The molecule has 0 aromatic heterocycles. The third-order valence-electron chi connectivity index (χ3n) is 5.13. The number of hydrogen-bond donors (Lipinski definition) is 1. The van der Waals surface area contributed by atoms with Crippen molar-refractivity contribution in [1.82, 2.24) is 5.43 Å². The lowest BCUT2D eigenvalue weighted by Crippen LogP contribution is -2.30. The number of para-hydroxylation sites is 1. The van der Waals surface area contributed by atoms with Crippen LogP contribution in [-0.4, -0.2) is 24.6 Å². The van der Waals surface area contributed by atoms with Gasteiger partial charge in [0.1, 0.15) is 12.4 Å². The molecular weight excluding hydrogens is 426 g/mol. The molecule has 32 heavy (non-hydrogen) atoms. The van der Waals surface area contributed by atoms with Gasteiger partial charge in [0.15, 0.2) is 0 Å². The highest BCUT2D eigenvalue weighted by molar-refractivity contribution is 6.30. The Labute approximate surface area is 191 Å². The Kier molecular flexibility index (Phi) is 6.82. The average molecular weight is 448 g/mol. The van der Waals surface area contributed by atoms with Gasteiger partial charge in [0.05, 0.1) is 12.1 Å². The third kappa shape index (κ3) is 5.53. The molecule has 7 heteroatoms. The van der Waals surface area contributed by atoms with E-state index in [9.17, 15) is 9.59 Å². The van der Waals surface area contributed by atoms with Crippen LogP contribution in [0.3, 0.4) is 0 Å². The SMILES string of the molecule is O=C(N/N=C\c1cccc(OCc2ccc(Cl)cc2)c1)[C@H]1CC(=O)N(c2ccccc2)C1. The van der Waals surface area contributed by atoms with E-state index in [1.54, 1.807) is 11.1 Å². The van der Waals surface area contributed by atoms with Crippen LogP contribution in [-0.2, 0) is 16.2 Å². The highest BCUT2D eigenvalue weighted by Gasteiger charge is 2.34. The Bertz CT molecular complexity index is 1120. The molecule has 0 unspecified atom stereocenters. The van der Waals surface area contributed by atoms with Crippen molar-refractivity contribution in [3.8, 4) is 5.75 Å². The molecule has 0 radical (unpaired) electrons. The Hall–Kier alpha value is -3.64. The number of carbonyl (C=O) groups is 2. The number of halogens is 1. The predicted octanol–water partition coefficient (Wildman–Crippen LogP) is 4.42. The first kappa shape index (κ1) is 21.6. The minimum absolute atomic E-state index is 0.0640. The lowest BCUT2D eigenvalue weighted by Gasteiger charge is -2.16. The molecule has 0 saturated carbocycles. The molecule has 1 aliphatic heterocycles. The van der Waals surface area contributed by atoms with Crippen molar-refractivity contribution in [3.63, 3.8) is 0 Å². The van der Waals surface area contributed by atoms with Gasteiger partial charge in [-0.1, -0.05) is 54.1 Å². The molecule has 1 N–H and O–H groups in total. The summed E-state index contributed by atoms with van der Waals surface area (Å²) in [6.07, 6.45) is 1.73. The van der Waals surface area contributed by atoms with Gasteiger partial charge in [-0.05, 0) is 47.5 Å². The van der Waals surface area contributed by atoms with E-state index in [1.807, 2.05) is 78.9 Å². The number of carbonyl (C=O) groups excluding carboxylic acids is 2. The molecular formula is C25H22ClN3O3. The van der Waals surface area contributed by atoms with Gasteiger partial charge in [-0.2, -0.15) is 5.10 Å².